The van der Waals surface area contributed by atoms with Gasteiger partial charge in [-0.15, -0.1) is 0 Å². The fraction of sp³-hybridized carbons (Fsp3) is 0.269. The number of hydrogen-bond acceptors (Lipinski definition) is 4. The Morgan fingerprint density at radius 3 is 2.53 bits per heavy atom. The first kappa shape index (κ1) is 22.0. The van der Waals surface area contributed by atoms with Crippen molar-refractivity contribution < 1.29 is 14.2 Å². The minimum absolute atomic E-state index is 0.0541. The topological polar surface area (TPSA) is 65.6 Å². The van der Waals surface area contributed by atoms with Crippen molar-refractivity contribution in [2.24, 2.45) is 0 Å². The standard InChI is InChI=1S/C26H27FN2O3/c1-19(20-5-7-21(8-6-20)24-4-2-15-28-25(24)31)29-16-14-26(32-18-29,13-3-17-30)22-9-11-23(27)12-10-22/h2,4-12,14-16,19,30H,3,13,17-18H2,1H3,(H,28,31)/t19-,26?/m0/s1. The molecule has 2 N–H and O–H groups in total. The number of nitrogens with one attached hydrogen (secondary N) is 1. The second-order valence-electron chi connectivity index (χ2n) is 8.04. The van der Waals surface area contributed by atoms with E-state index in [2.05, 4.69) is 16.8 Å². The Balaban J connectivity index is 1.53. The van der Waals surface area contributed by atoms with Crippen molar-refractivity contribution in [2.45, 2.75) is 31.4 Å². The van der Waals surface area contributed by atoms with Gasteiger partial charge in [-0.2, -0.15) is 0 Å². The molecule has 2 aromatic carbocycles. The van der Waals surface area contributed by atoms with Crippen LogP contribution in [0.4, 0.5) is 4.39 Å². The van der Waals surface area contributed by atoms with Crippen molar-refractivity contribution >= 4 is 0 Å². The summed E-state index contributed by atoms with van der Waals surface area (Å²) in [5.41, 5.74) is 2.67. The maximum absolute atomic E-state index is 13.4. The van der Waals surface area contributed by atoms with Crippen LogP contribution in [0.2, 0.25) is 0 Å². The van der Waals surface area contributed by atoms with Crippen molar-refractivity contribution in [1.29, 1.82) is 0 Å². The van der Waals surface area contributed by atoms with Crippen molar-refractivity contribution in [3.63, 3.8) is 0 Å². The summed E-state index contributed by atoms with van der Waals surface area (Å²) in [7, 11) is 0. The van der Waals surface area contributed by atoms with E-state index in [1.807, 2.05) is 42.6 Å². The van der Waals surface area contributed by atoms with E-state index >= 15 is 0 Å². The Labute approximate surface area is 186 Å². The van der Waals surface area contributed by atoms with E-state index in [0.29, 0.717) is 25.1 Å². The number of nitrogens with zero attached hydrogens (tertiary/aromatic N) is 1. The van der Waals surface area contributed by atoms with Crippen LogP contribution in [0.15, 0.2) is 83.9 Å². The molecule has 1 aliphatic rings. The third-order valence-corrected chi connectivity index (χ3v) is 6.07. The maximum Gasteiger partial charge on any atom is 0.255 e. The van der Waals surface area contributed by atoms with Crippen LogP contribution >= 0.6 is 0 Å². The molecule has 2 atom stereocenters. The lowest BCUT2D eigenvalue weighted by Gasteiger charge is -2.40. The minimum atomic E-state index is -0.690. The van der Waals surface area contributed by atoms with Gasteiger partial charge >= 0.3 is 0 Å². The molecular formula is C26H27FN2O3. The molecule has 1 unspecified atom stereocenters. The van der Waals surface area contributed by atoms with Gasteiger partial charge in [-0.05, 0) is 66.8 Å². The number of benzene rings is 2. The zero-order valence-corrected chi connectivity index (χ0v) is 18.0. The molecule has 1 aliphatic heterocycles. The fourth-order valence-electron chi connectivity index (χ4n) is 4.07. The third-order valence-electron chi connectivity index (χ3n) is 6.07. The van der Waals surface area contributed by atoms with Gasteiger partial charge < -0.3 is 19.7 Å². The molecule has 5 nitrogen and oxygen atoms in total. The number of rotatable bonds is 7. The molecule has 0 spiro atoms. The van der Waals surface area contributed by atoms with Gasteiger partial charge in [0, 0.05) is 24.6 Å². The van der Waals surface area contributed by atoms with E-state index in [0.717, 1.165) is 16.7 Å². The minimum Gasteiger partial charge on any atom is -0.396 e. The van der Waals surface area contributed by atoms with E-state index in [9.17, 15) is 14.3 Å². The molecule has 32 heavy (non-hydrogen) atoms. The molecular weight excluding hydrogens is 407 g/mol. The lowest BCUT2D eigenvalue weighted by Crippen LogP contribution is -2.38. The van der Waals surface area contributed by atoms with Gasteiger partial charge in [0.25, 0.3) is 5.56 Å². The summed E-state index contributed by atoms with van der Waals surface area (Å²) in [5, 5.41) is 9.34. The first-order chi connectivity index (χ1) is 15.5. The molecule has 0 bridgehead atoms. The molecule has 0 aliphatic carbocycles. The average Bonchev–Trinajstić information content (AvgIpc) is 2.83. The highest BCUT2D eigenvalue weighted by atomic mass is 19.1. The summed E-state index contributed by atoms with van der Waals surface area (Å²) in [4.78, 5) is 16.8. The molecule has 0 saturated heterocycles. The molecule has 3 aromatic rings. The molecule has 4 rings (SSSR count). The SMILES string of the molecule is C[C@@H](c1ccc(-c2ccc[nH]c2=O)cc1)N1C=CC(CCCO)(c2ccc(F)cc2)OC1. The number of aromatic amines is 1. The highest BCUT2D eigenvalue weighted by Crippen LogP contribution is 2.37. The summed E-state index contributed by atoms with van der Waals surface area (Å²) < 4.78 is 19.7. The smallest absolute Gasteiger partial charge is 0.255 e. The van der Waals surface area contributed by atoms with Gasteiger partial charge in [-0.1, -0.05) is 36.4 Å². The number of aliphatic hydroxyl groups is 1. The van der Waals surface area contributed by atoms with Crippen LogP contribution in [0.5, 0.6) is 0 Å². The molecule has 1 aromatic heterocycles. The van der Waals surface area contributed by atoms with Crippen molar-refractivity contribution in [2.75, 3.05) is 13.3 Å². The van der Waals surface area contributed by atoms with E-state index in [1.54, 1.807) is 24.4 Å². The Kier molecular flexibility index (Phi) is 6.53. The molecule has 0 radical (unpaired) electrons. The first-order valence-corrected chi connectivity index (χ1v) is 10.8. The van der Waals surface area contributed by atoms with Crippen LogP contribution in [-0.4, -0.2) is 28.3 Å². The van der Waals surface area contributed by atoms with Crippen LogP contribution in [0.3, 0.4) is 0 Å². The number of halogens is 1. The zero-order valence-electron chi connectivity index (χ0n) is 18.0. The van der Waals surface area contributed by atoms with Crippen LogP contribution in [0.1, 0.15) is 36.9 Å². The van der Waals surface area contributed by atoms with Crippen molar-refractivity contribution in [3.05, 3.63) is 106 Å². The van der Waals surface area contributed by atoms with Gasteiger partial charge in [0.1, 0.15) is 18.1 Å². The largest absolute Gasteiger partial charge is 0.396 e. The van der Waals surface area contributed by atoms with E-state index in [-0.39, 0.29) is 24.0 Å². The molecule has 0 saturated carbocycles. The Bertz CT molecular complexity index is 1120. The van der Waals surface area contributed by atoms with Crippen LogP contribution < -0.4 is 5.56 Å². The van der Waals surface area contributed by atoms with E-state index in [1.165, 1.54) is 12.1 Å². The maximum atomic E-state index is 13.4. The average molecular weight is 435 g/mol. The molecule has 0 amide bonds. The van der Waals surface area contributed by atoms with Gasteiger partial charge in [-0.25, -0.2) is 4.39 Å². The zero-order chi connectivity index (χ0) is 22.6. The van der Waals surface area contributed by atoms with E-state index < -0.39 is 5.60 Å². The summed E-state index contributed by atoms with van der Waals surface area (Å²) in [6, 6.07) is 18.0. The van der Waals surface area contributed by atoms with Crippen LogP contribution in [0.25, 0.3) is 11.1 Å². The summed E-state index contributed by atoms with van der Waals surface area (Å²) in [5.74, 6) is -0.290. The number of pyridine rings is 1. The number of aliphatic hydroxyl groups excluding tert-OH is 1. The second kappa shape index (κ2) is 9.51. The molecule has 166 valence electrons. The molecule has 6 heteroatoms. The monoisotopic (exact) mass is 434 g/mol. The lowest BCUT2D eigenvalue weighted by molar-refractivity contribution is -0.0887. The number of aromatic nitrogens is 1. The quantitative estimate of drug-likeness (QED) is 0.565. The third kappa shape index (κ3) is 4.52. The molecule has 2 heterocycles. The van der Waals surface area contributed by atoms with Crippen molar-refractivity contribution in [3.8, 4) is 11.1 Å². The summed E-state index contributed by atoms with van der Waals surface area (Å²) in [6.45, 7) is 2.52. The Morgan fingerprint density at radius 1 is 1.16 bits per heavy atom. The number of H-pyrrole nitrogens is 1. The van der Waals surface area contributed by atoms with Gasteiger partial charge in [-0.3, -0.25) is 4.79 Å². The fourth-order valence-corrected chi connectivity index (χ4v) is 4.07. The van der Waals surface area contributed by atoms with E-state index in [4.69, 9.17) is 4.74 Å². The Hall–Kier alpha value is -3.22. The Morgan fingerprint density at radius 2 is 1.91 bits per heavy atom. The van der Waals surface area contributed by atoms with Gasteiger partial charge in [0.15, 0.2) is 0 Å². The molecule has 0 fully saturated rings. The highest BCUT2D eigenvalue weighted by Gasteiger charge is 2.34. The highest BCUT2D eigenvalue weighted by molar-refractivity contribution is 5.62. The van der Waals surface area contributed by atoms with Crippen molar-refractivity contribution in [1.82, 2.24) is 9.88 Å². The predicted molar refractivity (Wildman–Crippen MR) is 122 cm³/mol. The number of ether oxygens (including phenoxy) is 1. The predicted octanol–water partition coefficient (Wildman–Crippen LogP) is 4.71. The summed E-state index contributed by atoms with van der Waals surface area (Å²) in [6.07, 6.45) is 6.82. The second-order valence-corrected chi connectivity index (χ2v) is 8.04. The normalized spacial score (nSPS) is 19.2. The van der Waals surface area contributed by atoms with Gasteiger partial charge in [0.05, 0.1) is 6.04 Å². The van der Waals surface area contributed by atoms with Gasteiger partial charge in [0.2, 0.25) is 0 Å². The lowest BCUT2D eigenvalue weighted by atomic mass is 9.88. The van der Waals surface area contributed by atoms with Crippen LogP contribution in [-0.2, 0) is 10.3 Å². The summed E-state index contributed by atoms with van der Waals surface area (Å²) >= 11 is 0. The first-order valence-electron chi connectivity index (χ1n) is 10.8. The number of hydrogen-bond donors (Lipinski definition) is 2. The van der Waals surface area contributed by atoms with Crippen LogP contribution in [0, 0.1) is 5.82 Å².